The summed E-state index contributed by atoms with van der Waals surface area (Å²) in [5.41, 5.74) is 0.647. The average Bonchev–Trinajstić information content (AvgIpc) is 2.18. The Bertz CT molecular complexity index is 265. The Morgan fingerprint density at radius 3 is 2.92 bits per heavy atom. The zero-order valence-electron chi connectivity index (χ0n) is 7.88. The van der Waals surface area contributed by atoms with Gasteiger partial charge in [-0.15, -0.1) is 0 Å². The van der Waals surface area contributed by atoms with Gasteiger partial charge < -0.3 is 10.1 Å². The SMILES string of the molecule is CNCC(F)c1cccc(OC)c1. The Morgan fingerprint density at radius 1 is 1.54 bits per heavy atom. The number of rotatable bonds is 4. The van der Waals surface area contributed by atoms with Gasteiger partial charge in [-0.1, -0.05) is 12.1 Å². The predicted molar refractivity (Wildman–Crippen MR) is 50.8 cm³/mol. The van der Waals surface area contributed by atoms with Crippen LogP contribution < -0.4 is 10.1 Å². The lowest BCUT2D eigenvalue weighted by atomic mass is 10.1. The third-order valence-electron chi connectivity index (χ3n) is 1.84. The normalized spacial score (nSPS) is 12.5. The number of nitrogens with one attached hydrogen (secondary N) is 1. The third kappa shape index (κ3) is 2.70. The molecule has 0 aliphatic carbocycles. The topological polar surface area (TPSA) is 21.3 Å². The Balaban J connectivity index is 2.75. The quantitative estimate of drug-likeness (QED) is 0.770. The molecule has 1 rings (SSSR count). The van der Waals surface area contributed by atoms with Gasteiger partial charge in [0.1, 0.15) is 11.9 Å². The van der Waals surface area contributed by atoms with Gasteiger partial charge in [-0.3, -0.25) is 0 Å². The van der Waals surface area contributed by atoms with Crippen LogP contribution in [-0.2, 0) is 0 Å². The summed E-state index contributed by atoms with van der Waals surface area (Å²) in [7, 11) is 3.30. The van der Waals surface area contributed by atoms with E-state index >= 15 is 0 Å². The zero-order valence-corrected chi connectivity index (χ0v) is 7.88. The molecule has 0 aromatic heterocycles. The van der Waals surface area contributed by atoms with Crippen molar-refractivity contribution in [3.8, 4) is 5.75 Å². The van der Waals surface area contributed by atoms with Gasteiger partial charge in [0, 0.05) is 6.54 Å². The van der Waals surface area contributed by atoms with Crippen molar-refractivity contribution in [3.05, 3.63) is 29.8 Å². The number of halogens is 1. The molecular weight excluding hydrogens is 169 g/mol. The molecule has 0 saturated carbocycles. The number of alkyl halides is 1. The van der Waals surface area contributed by atoms with Gasteiger partial charge in [0.15, 0.2) is 0 Å². The molecule has 0 amide bonds. The van der Waals surface area contributed by atoms with Gasteiger partial charge >= 0.3 is 0 Å². The van der Waals surface area contributed by atoms with E-state index in [0.29, 0.717) is 17.9 Å². The largest absolute Gasteiger partial charge is 0.497 e. The molecule has 0 saturated heterocycles. The van der Waals surface area contributed by atoms with E-state index < -0.39 is 6.17 Å². The minimum absolute atomic E-state index is 0.327. The van der Waals surface area contributed by atoms with Crippen molar-refractivity contribution in [3.63, 3.8) is 0 Å². The molecule has 0 spiro atoms. The van der Waals surface area contributed by atoms with Crippen molar-refractivity contribution >= 4 is 0 Å². The van der Waals surface area contributed by atoms with Crippen LogP contribution in [0.25, 0.3) is 0 Å². The van der Waals surface area contributed by atoms with E-state index in [-0.39, 0.29) is 0 Å². The van der Waals surface area contributed by atoms with Gasteiger partial charge in [-0.25, -0.2) is 4.39 Å². The van der Waals surface area contributed by atoms with Crippen molar-refractivity contribution in [1.82, 2.24) is 5.32 Å². The Labute approximate surface area is 77.7 Å². The minimum Gasteiger partial charge on any atom is -0.497 e. The van der Waals surface area contributed by atoms with Crippen LogP contribution in [0, 0.1) is 0 Å². The molecule has 0 radical (unpaired) electrons. The van der Waals surface area contributed by atoms with Crippen LogP contribution in [0.5, 0.6) is 5.75 Å². The summed E-state index contributed by atoms with van der Waals surface area (Å²) in [6.45, 7) is 0.327. The number of hydrogen-bond acceptors (Lipinski definition) is 2. The molecule has 3 heteroatoms. The first-order valence-electron chi connectivity index (χ1n) is 4.20. The van der Waals surface area contributed by atoms with Crippen molar-refractivity contribution in [2.45, 2.75) is 6.17 Å². The van der Waals surface area contributed by atoms with Crippen molar-refractivity contribution < 1.29 is 9.13 Å². The Morgan fingerprint density at radius 2 is 2.31 bits per heavy atom. The molecule has 1 unspecified atom stereocenters. The van der Waals surface area contributed by atoms with Crippen LogP contribution >= 0.6 is 0 Å². The molecule has 0 bridgehead atoms. The van der Waals surface area contributed by atoms with Gasteiger partial charge in [-0.05, 0) is 24.7 Å². The molecular formula is C10H14FNO. The molecule has 13 heavy (non-hydrogen) atoms. The molecule has 0 aliphatic rings. The van der Waals surface area contributed by atoms with Gasteiger partial charge in [0.25, 0.3) is 0 Å². The van der Waals surface area contributed by atoms with Crippen LogP contribution in [0.2, 0.25) is 0 Å². The first kappa shape index (κ1) is 9.99. The fourth-order valence-electron chi connectivity index (χ4n) is 1.13. The van der Waals surface area contributed by atoms with E-state index in [2.05, 4.69) is 5.32 Å². The van der Waals surface area contributed by atoms with Gasteiger partial charge in [0.05, 0.1) is 7.11 Å². The Hall–Kier alpha value is -1.09. The number of ether oxygens (including phenoxy) is 1. The molecule has 1 atom stereocenters. The third-order valence-corrected chi connectivity index (χ3v) is 1.84. The predicted octanol–water partition coefficient (Wildman–Crippen LogP) is 1.93. The van der Waals surface area contributed by atoms with E-state index in [1.807, 2.05) is 0 Å². The van der Waals surface area contributed by atoms with Gasteiger partial charge in [0.2, 0.25) is 0 Å². The average molecular weight is 183 g/mol. The van der Waals surface area contributed by atoms with Crippen molar-refractivity contribution in [1.29, 1.82) is 0 Å². The van der Waals surface area contributed by atoms with E-state index in [9.17, 15) is 4.39 Å². The lowest BCUT2D eigenvalue weighted by Gasteiger charge is -2.08. The number of methoxy groups -OCH3 is 1. The monoisotopic (exact) mass is 183 g/mol. The second-order valence-electron chi connectivity index (χ2n) is 2.80. The minimum atomic E-state index is -0.972. The lowest BCUT2D eigenvalue weighted by Crippen LogP contribution is -2.13. The van der Waals surface area contributed by atoms with Crippen LogP contribution in [0.15, 0.2) is 24.3 Å². The highest BCUT2D eigenvalue weighted by molar-refractivity contribution is 5.29. The Kier molecular flexibility index (Phi) is 3.71. The van der Waals surface area contributed by atoms with Crippen LogP contribution in [-0.4, -0.2) is 20.7 Å². The second-order valence-corrected chi connectivity index (χ2v) is 2.80. The smallest absolute Gasteiger partial charge is 0.138 e. The summed E-state index contributed by atoms with van der Waals surface area (Å²) in [6, 6.07) is 7.05. The molecule has 0 fully saturated rings. The fraction of sp³-hybridized carbons (Fsp3) is 0.400. The molecule has 0 heterocycles. The molecule has 1 aromatic carbocycles. The summed E-state index contributed by atoms with van der Waals surface area (Å²) in [6.07, 6.45) is -0.972. The van der Waals surface area contributed by atoms with Gasteiger partial charge in [-0.2, -0.15) is 0 Å². The van der Waals surface area contributed by atoms with Crippen molar-refractivity contribution in [2.75, 3.05) is 20.7 Å². The lowest BCUT2D eigenvalue weighted by molar-refractivity contribution is 0.333. The van der Waals surface area contributed by atoms with E-state index in [0.717, 1.165) is 0 Å². The first-order valence-corrected chi connectivity index (χ1v) is 4.20. The summed E-state index contributed by atoms with van der Waals surface area (Å²) >= 11 is 0. The molecule has 0 aliphatic heterocycles. The van der Waals surface area contributed by atoms with Crippen LogP contribution in [0.1, 0.15) is 11.7 Å². The second kappa shape index (κ2) is 4.82. The summed E-state index contributed by atoms with van der Waals surface area (Å²) in [5, 5.41) is 2.79. The van der Waals surface area contributed by atoms with Crippen molar-refractivity contribution in [2.24, 2.45) is 0 Å². The zero-order chi connectivity index (χ0) is 9.68. The fourth-order valence-corrected chi connectivity index (χ4v) is 1.13. The van der Waals surface area contributed by atoms with Crippen LogP contribution in [0.3, 0.4) is 0 Å². The summed E-state index contributed by atoms with van der Waals surface area (Å²) in [4.78, 5) is 0. The molecule has 2 nitrogen and oxygen atoms in total. The number of benzene rings is 1. The summed E-state index contributed by atoms with van der Waals surface area (Å²) < 4.78 is 18.3. The van der Waals surface area contributed by atoms with E-state index in [4.69, 9.17) is 4.74 Å². The maximum absolute atomic E-state index is 13.3. The molecule has 1 N–H and O–H groups in total. The first-order chi connectivity index (χ1) is 6.27. The van der Waals surface area contributed by atoms with E-state index in [1.165, 1.54) is 0 Å². The molecule has 1 aromatic rings. The maximum Gasteiger partial charge on any atom is 0.138 e. The number of likely N-dealkylation sites (N-methyl/N-ethyl adjacent to an activating group) is 1. The standard InChI is InChI=1S/C10H14FNO/c1-12-7-10(11)8-4-3-5-9(6-8)13-2/h3-6,10,12H,7H2,1-2H3. The highest BCUT2D eigenvalue weighted by Crippen LogP contribution is 2.20. The highest BCUT2D eigenvalue weighted by Gasteiger charge is 2.08. The highest BCUT2D eigenvalue weighted by atomic mass is 19.1. The number of hydrogen-bond donors (Lipinski definition) is 1. The molecule has 72 valence electrons. The maximum atomic E-state index is 13.3. The van der Waals surface area contributed by atoms with E-state index in [1.54, 1.807) is 38.4 Å². The summed E-state index contributed by atoms with van der Waals surface area (Å²) in [5.74, 6) is 0.691. The van der Waals surface area contributed by atoms with Crippen LogP contribution in [0.4, 0.5) is 4.39 Å².